The van der Waals surface area contributed by atoms with Crippen molar-refractivity contribution in [3.05, 3.63) is 60.2 Å². The van der Waals surface area contributed by atoms with Gasteiger partial charge in [0.15, 0.2) is 11.8 Å². The fraction of sp³-hybridized carbons (Fsp3) is 0.368. The number of aromatic nitrogens is 4. The lowest BCUT2D eigenvalue weighted by Gasteiger charge is -2.13. The monoisotopic (exact) mass is 367 g/mol. The SMILES string of the molecule is CN=C(NCc1ccnc(-n2cccn2)c1)NCc1ncc(C(C)(C)C)o1. The number of guanidine groups is 1. The number of hydrogen-bond donors (Lipinski definition) is 2. The maximum atomic E-state index is 5.79. The molecule has 3 aromatic rings. The number of pyridine rings is 1. The maximum Gasteiger partial charge on any atom is 0.213 e. The Balaban J connectivity index is 1.55. The van der Waals surface area contributed by atoms with Crippen LogP contribution in [0.25, 0.3) is 5.82 Å². The van der Waals surface area contributed by atoms with Gasteiger partial charge in [-0.2, -0.15) is 5.10 Å². The third-order valence-corrected chi connectivity index (χ3v) is 3.93. The second-order valence-corrected chi connectivity index (χ2v) is 7.12. The Kier molecular flexibility index (Phi) is 5.54. The molecular weight excluding hydrogens is 342 g/mol. The lowest BCUT2D eigenvalue weighted by molar-refractivity contribution is 0.379. The van der Waals surface area contributed by atoms with Gasteiger partial charge in [0.1, 0.15) is 5.76 Å². The van der Waals surface area contributed by atoms with E-state index in [-0.39, 0.29) is 5.41 Å². The number of nitrogens with zero attached hydrogens (tertiary/aromatic N) is 5. The largest absolute Gasteiger partial charge is 0.443 e. The highest BCUT2D eigenvalue weighted by molar-refractivity contribution is 5.79. The van der Waals surface area contributed by atoms with Crippen LogP contribution in [0.5, 0.6) is 0 Å². The van der Waals surface area contributed by atoms with Crippen LogP contribution in [0.4, 0.5) is 0 Å². The van der Waals surface area contributed by atoms with Crippen molar-refractivity contribution in [2.45, 2.75) is 39.3 Å². The molecule has 0 saturated heterocycles. The van der Waals surface area contributed by atoms with Gasteiger partial charge >= 0.3 is 0 Å². The van der Waals surface area contributed by atoms with Gasteiger partial charge in [-0.1, -0.05) is 20.8 Å². The van der Waals surface area contributed by atoms with E-state index < -0.39 is 0 Å². The molecule has 0 unspecified atom stereocenters. The molecule has 0 saturated carbocycles. The Morgan fingerprint density at radius 3 is 2.67 bits per heavy atom. The molecule has 2 N–H and O–H groups in total. The standard InChI is InChI=1S/C19H25N7O/c1-19(2,3)15-12-22-17(27-15)13-24-18(20-4)23-11-14-6-8-21-16(10-14)26-9-5-7-25-26/h5-10,12H,11,13H2,1-4H3,(H2,20,23,24). The van der Waals surface area contributed by atoms with Crippen LogP contribution in [0.15, 0.2) is 52.4 Å². The van der Waals surface area contributed by atoms with Crippen molar-refractivity contribution >= 4 is 5.96 Å². The second-order valence-electron chi connectivity index (χ2n) is 7.12. The van der Waals surface area contributed by atoms with Gasteiger partial charge in [0, 0.05) is 37.6 Å². The molecule has 0 amide bonds. The molecular formula is C19H25N7O. The van der Waals surface area contributed by atoms with Gasteiger partial charge in [-0.3, -0.25) is 4.99 Å². The molecule has 27 heavy (non-hydrogen) atoms. The van der Waals surface area contributed by atoms with Crippen LogP contribution >= 0.6 is 0 Å². The summed E-state index contributed by atoms with van der Waals surface area (Å²) in [4.78, 5) is 12.9. The summed E-state index contributed by atoms with van der Waals surface area (Å²) in [7, 11) is 1.73. The Bertz CT molecular complexity index is 891. The normalized spacial score (nSPS) is 12.2. The van der Waals surface area contributed by atoms with Crippen molar-refractivity contribution in [2.75, 3.05) is 7.05 Å². The Morgan fingerprint density at radius 1 is 1.19 bits per heavy atom. The number of nitrogens with one attached hydrogen (secondary N) is 2. The van der Waals surface area contributed by atoms with Gasteiger partial charge in [0.25, 0.3) is 0 Å². The molecule has 0 fully saturated rings. The first-order valence-electron chi connectivity index (χ1n) is 8.80. The minimum absolute atomic E-state index is 0.0567. The lowest BCUT2D eigenvalue weighted by Crippen LogP contribution is -2.36. The topological polar surface area (TPSA) is 93.2 Å². The average molecular weight is 367 g/mol. The molecule has 8 nitrogen and oxygen atoms in total. The van der Waals surface area contributed by atoms with Crippen LogP contribution in [-0.2, 0) is 18.5 Å². The van der Waals surface area contributed by atoms with Gasteiger partial charge in [-0.05, 0) is 23.8 Å². The van der Waals surface area contributed by atoms with Crippen molar-refractivity contribution in [1.29, 1.82) is 0 Å². The predicted molar refractivity (Wildman–Crippen MR) is 104 cm³/mol. The van der Waals surface area contributed by atoms with E-state index in [0.29, 0.717) is 24.9 Å². The van der Waals surface area contributed by atoms with Crippen LogP contribution < -0.4 is 10.6 Å². The van der Waals surface area contributed by atoms with Crippen molar-refractivity contribution in [3.8, 4) is 5.82 Å². The van der Waals surface area contributed by atoms with Crippen molar-refractivity contribution in [2.24, 2.45) is 4.99 Å². The van der Waals surface area contributed by atoms with E-state index in [1.54, 1.807) is 30.3 Å². The highest BCUT2D eigenvalue weighted by atomic mass is 16.4. The first kappa shape index (κ1) is 18.6. The van der Waals surface area contributed by atoms with Crippen molar-refractivity contribution in [3.63, 3.8) is 0 Å². The molecule has 0 spiro atoms. The zero-order valence-corrected chi connectivity index (χ0v) is 16.1. The molecule has 3 rings (SSSR count). The zero-order chi connectivity index (χ0) is 19.3. The molecule has 0 aromatic carbocycles. The molecule has 0 aliphatic heterocycles. The summed E-state index contributed by atoms with van der Waals surface area (Å²) in [6.07, 6.45) is 7.14. The van der Waals surface area contributed by atoms with Gasteiger partial charge in [-0.15, -0.1) is 0 Å². The van der Waals surface area contributed by atoms with E-state index in [1.807, 2.05) is 24.4 Å². The third-order valence-electron chi connectivity index (χ3n) is 3.93. The molecule has 8 heteroatoms. The summed E-state index contributed by atoms with van der Waals surface area (Å²) < 4.78 is 7.52. The van der Waals surface area contributed by atoms with Gasteiger partial charge in [0.05, 0.1) is 12.7 Å². The third kappa shape index (κ3) is 4.93. The van der Waals surface area contributed by atoms with E-state index in [2.05, 4.69) is 51.5 Å². The molecule has 3 aromatic heterocycles. The molecule has 0 aliphatic rings. The van der Waals surface area contributed by atoms with Crippen molar-refractivity contribution in [1.82, 2.24) is 30.4 Å². The highest BCUT2D eigenvalue weighted by Crippen LogP contribution is 2.22. The first-order valence-corrected chi connectivity index (χ1v) is 8.80. The lowest BCUT2D eigenvalue weighted by atomic mass is 9.94. The van der Waals surface area contributed by atoms with Gasteiger partial charge < -0.3 is 15.1 Å². The molecule has 0 atom stereocenters. The summed E-state index contributed by atoms with van der Waals surface area (Å²) in [5, 5.41) is 10.7. The van der Waals surface area contributed by atoms with E-state index in [4.69, 9.17) is 4.42 Å². The second kappa shape index (κ2) is 8.03. The summed E-state index contributed by atoms with van der Waals surface area (Å²) in [5.41, 5.74) is 1.02. The highest BCUT2D eigenvalue weighted by Gasteiger charge is 2.19. The molecule has 0 aliphatic carbocycles. The van der Waals surface area contributed by atoms with Crippen LogP contribution in [-0.4, -0.2) is 32.8 Å². The van der Waals surface area contributed by atoms with E-state index in [1.165, 1.54) is 0 Å². The summed E-state index contributed by atoms with van der Waals surface area (Å²) in [6, 6.07) is 5.81. The first-order chi connectivity index (χ1) is 13.0. The Morgan fingerprint density at radius 2 is 2.00 bits per heavy atom. The number of hydrogen-bond acceptors (Lipinski definition) is 5. The minimum Gasteiger partial charge on any atom is -0.443 e. The summed E-state index contributed by atoms with van der Waals surface area (Å²) in [5.74, 6) is 2.94. The van der Waals surface area contributed by atoms with Gasteiger partial charge in [-0.25, -0.2) is 14.6 Å². The number of rotatable bonds is 5. The van der Waals surface area contributed by atoms with E-state index >= 15 is 0 Å². The Hall–Kier alpha value is -3.16. The average Bonchev–Trinajstić information content (AvgIpc) is 3.34. The van der Waals surface area contributed by atoms with E-state index in [0.717, 1.165) is 17.1 Å². The smallest absolute Gasteiger partial charge is 0.213 e. The summed E-state index contributed by atoms with van der Waals surface area (Å²) in [6.45, 7) is 7.35. The maximum absolute atomic E-state index is 5.79. The fourth-order valence-corrected chi connectivity index (χ4v) is 2.40. The quantitative estimate of drug-likeness (QED) is 0.531. The number of oxazole rings is 1. The van der Waals surface area contributed by atoms with Gasteiger partial charge in [0.2, 0.25) is 5.89 Å². The molecule has 3 heterocycles. The summed E-state index contributed by atoms with van der Waals surface area (Å²) >= 11 is 0. The van der Waals surface area contributed by atoms with Crippen LogP contribution in [0.1, 0.15) is 38.0 Å². The van der Waals surface area contributed by atoms with E-state index in [9.17, 15) is 0 Å². The molecule has 0 bridgehead atoms. The molecule has 0 radical (unpaired) electrons. The van der Waals surface area contributed by atoms with Crippen LogP contribution in [0.3, 0.4) is 0 Å². The fourth-order valence-electron chi connectivity index (χ4n) is 2.40. The number of aliphatic imine (C=N–C) groups is 1. The molecule has 142 valence electrons. The van der Waals surface area contributed by atoms with Crippen LogP contribution in [0, 0.1) is 0 Å². The van der Waals surface area contributed by atoms with Crippen molar-refractivity contribution < 1.29 is 4.42 Å². The Labute approximate surface area is 158 Å². The zero-order valence-electron chi connectivity index (χ0n) is 16.1. The predicted octanol–water partition coefficient (Wildman–Crippen LogP) is 2.42. The van der Waals surface area contributed by atoms with Crippen LogP contribution in [0.2, 0.25) is 0 Å². The minimum atomic E-state index is -0.0567.